The van der Waals surface area contributed by atoms with Gasteiger partial charge in [0.1, 0.15) is 11.6 Å². The molecule has 44 heavy (non-hydrogen) atoms. The molecule has 1 unspecified atom stereocenters. The third kappa shape index (κ3) is 9.89. The lowest BCUT2D eigenvalue weighted by atomic mass is 9.97. The molecule has 0 bridgehead atoms. The quantitative estimate of drug-likeness (QED) is 0.182. The third-order valence-corrected chi connectivity index (χ3v) is 8.75. The van der Waals surface area contributed by atoms with Gasteiger partial charge in [-0.3, -0.25) is 14.6 Å². The van der Waals surface area contributed by atoms with E-state index in [1.807, 2.05) is 46.1 Å². The molecule has 2 aromatic rings. The van der Waals surface area contributed by atoms with E-state index >= 15 is 0 Å². The zero-order chi connectivity index (χ0) is 32.2. The molecule has 3 aliphatic rings. The van der Waals surface area contributed by atoms with Crippen LogP contribution in [0.4, 0.5) is 15.9 Å². The maximum atomic E-state index is 14.3. The Labute approximate surface area is 265 Å². The number of hydrogen-bond acceptors (Lipinski definition) is 7. The Balaban J connectivity index is 0.000000372. The number of benzene rings is 1. The summed E-state index contributed by atoms with van der Waals surface area (Å²) < 4.78 is 14.3. The molecule has 0 radical (unpaired) electrons. The number of piperazine rings is 1. The highest BCUT2D eigenvalue weighted by Gasteiger charge is 2.34. The van der Waals surface area contributed by atoms with Gasteiger partial charge in [-0.25, -0.2) is 9.37 Å². The number of anilines is 2. The molecule has 7 nitrogen and oxygen atoms in total. The van der Waals surface area contributed by atoms with E-state index in [-0.39, 0.29) is 5.82 Å². The van der Waals surface area contributed by atoms with Crippen molar-refractivity contribution in [2.24, 2.45) is 0 Å². The first-order valence-corrected chi connectivity index (χ1v) is 16.4. The zero-order valence-corrected chi connectivity index (χ0v) is 28.0. The number of carbonyl (C=O) groups excluding carboxylic acids is 1. The number of aromatic nitrogens is 1. The predicted molar refractivity (Wildman–Crippen MR) is 183 cm³/mol. The fraction of sp³-hybridized carbons (Fsp3) is 0.556. The van der Waals surface area contributed by atoms with Gasteiger partial charge in [0, 0.05) is 68.2 Å². The maximum Gasteiger partial charge on any atom is 0.151 e. The number of aldehydes is 1. The van der Waals surface area contributed by atoms with Gasteiger partial charge < -0.3 is 15.5 Å². The van der Waals surface area contributed by atoms with Crippen LogP contribution < -0.4 is 15.5 Å². The van der Waals surface area contributed by atoms with Crippen LogP contribution in [0.5, 0.6) is 0 Å². The Morgan fingerprint density at radius 1 is 1.07 bits per heavy atom. The highest BCUT2D eigenvalue weighted by Crippen LogP contribution is 2.28. The minimum absolute atomic E-state index is 0.0686. The number of rotatable bonds is 10. The summed E-state index contributed by atoms with van der Waals surface area (Å²) in [4.78, 5) is 22.5. The van der Waals surface area contributed by atoms with Crippen LogP contribution >= 0.6 is 0 Å². The van der Waals surface area contributed by atoms with E-state index in [9.17, 15) is 9.18 Å². The molecule has 0 spiro atoms. The predicted octanol–water partition coefficient (Wildman–Crippen LogP) is 6.48. The smallest absolute Gasteiger partial charge is 0.151 e. The van der Waals surface area contributed by atoms with Crippen molar-refractivity contribution in [2.75, 3.05) is 50.0 Å². The van der Waals surface area contributed by atoms with Gasteiger partial charge in [0.2, 0.25) is 0 Å². The molecule has 1 aromatic heterocycles. The fourth-order valence-electron chi connectivity index (χ4n) is 6.01. The second-order valence-corrected chi connectivity index (χ2v) is 12.0. The first kappa shape index (κ1) is 35.3. The monoisotopic (exact) mass is 606 g/mol. The summed E-state index contributed by atoms with van der Waals surface area (Å²) >= 11 is 0. The highest BCUT2D eigenvalue weighted by molar-refractivity contribution is 5.78. The lowest BCUT2D eigenvalue weighted by Crippen LogP contribution is -2.58. The number of aryl methyl sites for hydroxylation is 2. The number of halogens is 1. The summed E-state index contributed by atoms with van der Waals surface area (Å²) in [7, 11) is 1.94. The Kier molecular flexibility index (Phi) is 13.9. The summed E-state index contributed by atoms with van der Waals surface area (Å²) in [6, 6.07) is 9.52. The van der Waals surface area contributed by atoms with Gasteiger partial charge in [-0.1, -0.05) is 46.1 Å². The van der Waals surface area contributed by atoms with Crippen LogP contribution in [0.25, 0.3) is 0 Å². The normalized spacial score (nSPS) is 19.2. The van der Waals surface area contributed by atoms with Crippen molar-refractivity contribution < 1.29 is 9.18 Å². The standard InChI is InChI=1S/C26H38FN5.C8H11NO.C2H6/c1-5-23-18-31(26-20(3)15-22(28-4)16-29-26)12-13-32(23)24-8-10-30(11-9-24)17-21-7-6-19(2)14-25(21)27;1-6(5-10)7(2)9-8-3-4-8;1-2/h6-7,14-16,23-24,28H,5,8-13,17-18H2,1-4H3;5,8-9H,1-4H2;1-2H3. The number of nitrogens with one attached hydrogen (secondary N) is 2. The highest BCUT2D eigenvalue weighted by atomic mass is 19.1. The van der Waals surface area contributed by atoms with E-state index in [0.29, 0.717) is 29.4 Å². The molecule has 1 aliphatic carbocycles. The molecule has 2 saturated heterocycles. The van der Waals surface area contributed by atoms with E-state index < -0.39 is 0 Å². The lowest BCUT2D eigenvalue weighted by Gasteiger charge is -2.48. The maximum absolute atomic E-state index is 14.3. The van der Waals surface area contributed by atoms with Gasteiger partial charge in [-0.05, 0) is 82.3 Å². The molecule has 5 rings (SSSR count). The molecule has 0 amide bonds. The number of allylic oxidation sites excluding steroid dienone is 1. The van der Waals surface area contributed by atoms with Gasteiger partial charge in [0.25, 0.3) is 0 Å². The van der Waals surface area contributed by atoms with Crippen LogP contribution in [0.2, 0.25) is 0 Å². The Hall–Kier alpha value is -3.23. The van der Waals surface area contributed by atoms with Gasteiger partial charge in [-0.15, -0.1) is 0 Å². The summed E-state index contributed by atoms with van der Waals surface area (Å²) in [5, 5.41) is 6.26. The average molecular weight is 607 g/mol. The topological polar surface area (TPSA) is 63.7 Å². The lowest BCUT2D eigenvalue weighted by molar-refractivity contribution is -0.104. The van der Waals surface area contributed by atoms with Crippen LogP contribution in [0.1, 0.15) is 69.6 Å². The SMILES string of the molecule is C=C(C=O)C(=C)NC1CC1.CC.CCC1CN(c2ncc(NC)cc2C)CCN1C1CCN(Cc2ccc(C)cc2F)CC1. The zero-order valence-electron chi connectivity index (χ0n) is 28.0. The molecule has 1 saturated carbocycles. The molecule has 242 valence electrons. The number of piperidine rings is 1. The van der Waals surface area contributed by atoms with Crippen molar-refractivity contribution in [3.63, 3.8) is 0 Å². The first-order chi connectivity index (χ1) is 21.2. The second kappa shape index (κ2) is 17.3. The Bertz CT molecular complexity index is 1240. The summed E-state index contributed by atoms with van der Waals surface area (Å²) in [5.74, 6) is 1.05. The summed E-state index contributed by atoms with van der Waals surface area (Å²) in [5.41, 5.74) is 5.22. The van der Waals surface area contributed by atoms with E-state index in [0.717, 1.165) is 87.4 Å². The largest absolute Gasteiger partial charge is 0.387 e. The van der Waals surface area contributed by atoms with E-state index in [2.05, 4.69) is 58.4 Å². The molecule has 1 aromatic carbocycles. The van der Waals surface area contributed by atoms with Crippen molar-refractivity contribution >= 4 is 17.8 Å². The second-order valence-electron chi connectivity index (χ2n) is 12.0. The molecule has 2 N–H and O–H groups in total. The fourth-order valence-corrected chi connectivity index (χ4v) is 6.01. The number of carbonyl (C=O) groups is 1. The summed E-state index contributed by atoms with van der Waals surface area (Å²) in [6.07, 6.45) is 8.51. The van der Waals surface area contributed by atoms with E-state index in [1.54, 1.807) is 6.07 Å². The van der Waals surface area contributed by atoms with Crippen molar-refractivity contribution in [3.05, 3.63) is 77.4 Å². The van der Waals surface area contributed by atoms with Crippen molar-refractivity contribution in [1.82, 2.24) is 20.1 Å². The molecule has 3 heterocycles. The van der Waals surface area contributed by atoms with Gasteiger partial charge in [0.15, 0.2) is 6.29 Å². The van der Waals surface area contributed by atoms with Gasteiger partial charge in [-0.2, -0.15) is 0 Å². The summed E-state index contributed by atoms with van der Waals surface area (Å²) in [6.45, 7) is 23.5. The van der Waals surface area contributed by atoms with E-state index in [1.165, 1.54) is 18.4 Å². The molecule has 2 aliphatic heterocycles. The van der Waals surface area contributed by atoms with Crippen LogP contribution in [-0.4, -0.2) is 79.0 Å². The van der Waals surface area contributed by atoms with E-state index in [4.69, 9.17) is 4.98 Å². The van der Waals surface area contributed by atoms with Gasteiger partial charge in [0.05, 0.1) is 11.9 Å². The molecule has 1 atom stereocenters. The van der Waals surface area contributed by atoms with Crippen LogP contribution in [-0.2, 0) is 11.3 Å². The third-order valence-electron chi connectivity index (χ3n) is 8.75. The Morgan fingerprint density at radius 3 is 2.34 bits per heavy atom. The van der Waals surface area contributed by atoms with Crippen molar-refractivity contribution in [1.29, 1.82) is 0 Å². The number of likely N-dealkylation sites (tertiary alicyclic amines) is 1. The minimum atomic E-state index is -0.0686. The number of hydrogen-bond donors (Lipinski definition) is 2. The van der Waals surface area contributed by atoms with Crippen LogP contribution in [0.15, 0.2) is 54.9 Å². The average Bonchev–Trinajstić information content (AvgIpc) is 3.87. The van der Waals surface area contributed by atoms with Crippen molar-refractivity contribution in [3.8, 4) is 0 Å². The first-order valence-electron chi connectivity index (χ1n) is 16.4. The number of pyridine rings is 1. The Morgan fingerprint density at radius 2 is 1.77 bits per heavy atom. The molecular formula is C36H55FN6O. The van der Waals surface area contributed by atoms with Gasteiger partial charge >= 0.3 is 0 Å². The van der Waals surface area contributed by atoms with Crippen molar-refractivity contribution in [2.45, 2.75) is 91.4 Å². The minimum Gasteiger partial charge on any atom is -0.387 e. The molecule has 8 heteroatoms. The van der Waals surface area contributed by atoms with Crippen LogP contribution in [0.3, 0.4) is 0 Å². The van der Waals surface area contributed by atoms with Crippen LogP contribution in [0, 0.1) is 19.7 Å². The molecular weight excluding hydrogens is 551 g/mol. The number of nitrogens with zero attached hydrogens (tertiary/aromatic N) is 4. The molecule has 3 fully saturated rings.